The lowest BCUT2D eigenvalue weighted by molar-refractivity contribution is -0.142. The summed E-state index contributed by atoms with van der Waals surface area (Å²) < 4.78 is 0. The summed E-state index contributed by atoms with van der Waals surface area (Å²) in [6.45, 7) is 0. The average molecular weight is 290 g/mol. The number of hydrogen-bond acceptors (Lipinski definition) is 3. The predicted octanol–water partition coefficient (Wildman–Crippen LogP) is 3.82. The van der Waals surface area contributed by atoms with E-state index >= 15 is 0 Å². The normalized spacial score (nSPS) is 34.4. The number of carbonyl (C=O) groups excluding carboxylic acids is 1. The average Bonchev–Trinajstić information content (AvgIpc) is 2.47. The Bertz CT molecular complexity index is 473. The third kappa shape index (κ3) is 2.42. The molecule has 0 bridgehead atoms. The second-order valence-corrected chi connectivity index (χ2v) is 7.31. The minimum Gasteiger partial charge on any atom is -0.392 e. The smallest absolute Gasteiger partial charge is 0.142 e. The van der Waals surface area contributed by atoms with Gasteiger partial charge in [-0.15, -0.1) is 11.8 Å². The van der Waals surface area contributed by atoms with E-state index in [-0.39, 0.29) is 5.25 Å². The minimum atomic E-state index is -0.475. The summed E-state index contributed by atoms with van der Waals surface area (Å²) in [6, 6.07) is 10.3. The molecule has 0 radical (unpaired) electrons. The van der Waals surface area contributed by atoms with Crippen molar-refractivity contribution in [3.8, 4) is 0 Å². The predicted molar refractivity (Wildman–Crippen MR) is 81.9 cm³/mol. The summed E-state index contributed by atoms with van der Waals surface area (Å²) in [5.74, 6) is 0.310. The third-order valence-electron chi connectivity index (χ3n) is 4.90. The van der Waals surface area contributed by atoms with E-state index in [1.165, 1.54) is 4.90 Å². The first-order valence-electron chi connectivity index (χ1n) is 7.66. The SMILES string of the molecule is O=C1CCCCC12C(O)CCCC2Sc1ccccc1. The molecule has 20 heavy (non-hydrogen) atoms. The van der Waals surface area contributed by atoms with Crippen LogP contribution >= 0.6 is 11.8 Å². The maximum Gasteiger partial charge on any atom is 0.142 e. The van der Waals surface area contributed by atoms with Gasteiger partial charge in [0.15, 0.2) is 0 Å². The molecule has 3 unspecified atom stereocenters. The van der Waals surface area contributed by atoms with E-state index in [1.54, 1.807) is 11.8 Å². The first-order chi connectivity index (χ1) is 9.73. The molecule has 0 aromatic heterocycles. The lowest BCUT2D eigenvalue weighted by Crippen LogP contribution is -2.53. The van der Waals surface area contributed by atoms with Crippen molar-refractivity contribution in [2.75, 3.05) is 0 Å². The van der Waals surface area contributed by atoms with Gasteiger partial charge in [0.2, 0.25) is 0 Å². The molecule has 2 fully saturated rings. The molecule has 2 aliphatic carbocycles. The van der Waals surface area contributed by atoms with Gasteiger partial charge in [-0.05, 0) is 44.2 Å². The fraction of sp³-hybridized carbons (Fsp3) is 0.588. The molecule has 1 aromatic rings. The standard InChI is InChI=1S/C17H22O2S/c18-14-9-4-5-12-17(14)15(19)10-6-11-16(17)20-13-7-2-1-3-8-13/h1-3,7-8,15-16,19H,4-6,9-12H2. The zero-order chi connectivity index (χ0) is 14.0. The molecule has 108 valence electrons. The van der Waals surface area contributed by atoms with Gasteiger partial charge in [-0.25, -0.2) is 0 Å². The second-order valence-electron chi connectivity index (χ2n) is 6.04. The van der Waals surface area contributed by atoms with E-state index in [4.69, 9.17) is 0 Å². The highest BCUT2D eigenvalue weighted by molar-refractivity contribution is 8.00. The van der Waals surface area contributed by atoms with Crippen molar-refractivity contribution in [3.05, 3.63) is 30.3 Å². The van der Waals surface area contributed by atoms with Crippen LogP contribution in [0, 0.1) is 5.41 Å². The van der Waals surface area contributed by atoms with Crippen molar-refractivity contribution in [1.29, 1.82) is 0 Å². The summed E-state index contributed by atoms with van der Waals surface area (Å²) in [6.07, 6.45) is 6.02. The molecule has 0 saturated heterocycles. The van der Waals surface area contributed by atoms with Crippen molar-refractivity contribution >= 4 is 17.5 Å². The molecule has 3 rings (SSSR count). The minimum absolute atomic E-state index is 0.237. The maximum absolute atomic E-state index is 12.6. The highest BCUT2D eigenvalue weighted by atomic mass is 32.2. The third-order valence-corrected chi connectivity index (χ3v) is 6.38. The molecule has 2 saturated carbocycles. The number of thioether (sulfide) groups is 1. The van der Waals surface area contributed by atoms with Crippen molar-refractivity contribution in [1.82, 2.24) is 0 Å². The summed E-state index contributed by atoms with van der Waals surface area (Å²) >= 11 is 1.80. The van der Waals surface area contributed by atoms with Gasteiger partial charge in [0.25, 0.3) is 0 Å². The van der Waals surface area contributed by atoms with E-state index in [2.05, 4.69) is 12.1 Å². The Labute approximate surface area is 125 Å². The number of rotatable bonds is 2. The highest BCUT2D eigenvalue weighted by Gasteiger charge is 2.53. The van der Waals surface area contributed by atoms with Gasteiger partial charge < -0.3 is 5.11 Å². The summed E-state index contributed by atoms with van der Waals surface area (Å²) in [5.41, 5.74) is -0.475. The number of aliphatic hydroxyl groups is 1. The fourth-order valence-electron chi connectivity index (χ4n) is 3.82. The van der Waals surface area contributed by atoms with Crippen LogP contribution in [0.25, 0.3) is 0 Å². The van der Waals surface area contributed by atoms with E-state index < -0.39 is 11.5 Å². The largest absolute Gasteiger partial charge is 0.392 e. The number of carbonyl (C=O) groups is 1. The Hall–Kier alpha value is -0.800. The van der Waals surface area contributed by atoms with Gasteiger partial charge in [0, 0.05) is 16.6 Å². The maximum atomic E-state index is 12.6. The Morgan fingerprint density at radius 1 is 1.10 bits per heavy atom. The van der Waals surface area contributed by atoms with Crippen LogP contribution in [0.1, 0.15) is 44.9 Å². The highest BCUT2D eigenvalue weighted by Crippen LogP contribution is 2.51. The molecule has 1 N–H and O–H groups in total. The van der Waals surface area contributed by atoms with Gasteiger partial charge in [-0.2, -0.15) is 0 Å². The Kier molecular flexibility index (Phi) is 4.18. The van der Waals surface area contributed by atoms with Crippen molar-refractivity contribution in [3.63, 3.8) is 0 Å². The molecule has 0 heterocycles. The molecule has 3 atom stereocenters. The van der Waals surface area contributed by atoms with E-state index in [0.29, 0.717) is 12.2 Å². The molecule has 2 aliphatic rings. The van der Waals surface area contributed by atoms with Crippen LogP contribution in [0.3, 0.4) is 0 Å². The van der Waals surface area contributed by atoms with Crippen LogP contribution in [0.5, 0.6) is 0 Å². The lowest BCUT2D eigenvalue weighted by Gasteiger charge is -2.48. The zero-order valence-corrected chi connectivity index (χ0v) is 12.6. The number of benzene rings is 1. The Balaban J connectivity index is 1.88. The molecular weight excluding hydrogens is 268 g/mol. The molecule has 2 nitrogen and oxygen atoms in total. The van der Waals surface area contributed by atoms with E-state index in [0.717, 1.165) is 38.5 Å². The summed E-state index contributed by atoms with van der Waals surface area (Å²) in [4.78, 5) is 13.8. The number of hydrogen-bond donors (Lipinski definition) is 1. The van der Waals surface area contributed by atoms with Crippen LogP contribution < -0.4 is 0 Å². The first-order valence-corrected chi connectivity index (χ1v) is 8.54. The monoisotopic (exact) mass is 290 g/mol. The van der Waals surface area contributed by atoms with E-state index in [1.807, 2.05) is 18.2 Å². The number of Topliss-reactive ketones (excluding diaryl/α,β-unsaturated/α-hetero) is 1. The number of ketones is 1. The molecule has 1 spiro atoms. The quantitative estimate of drug-likeness (QED) is 0.899. The summed E-state index contributed by atoms with van der Waals surface area (Å²) in [7, 11) is 0. The van der Waals surface area contributed by atoms with Gasteiger partial charge in [0.1, 0.15) is 5.78 Å². The topological polar surface area (TPSA) is 37.3 Å². The van der Waals surface area contributed by atoms with Crippen molar-refractivity contribution < 1.29 is 9.90 Å². The Morgan fingerprint density at radius 2 is 1.90 bits per heavy atom. The lowest BCUT2D eigenvalue weighted by atomic mass is 9.62. The second kappa shape index (κ2) is 5.90. The summed E-state index contributed by atoms with van der Waals surface area (Å²) in [5, 5.41) is 10.8. The first kappa shape index (κ1) is 14.2. The van der Waals surface area contributed by atoms with Crippen LogP contribution in [0.4, 0.5) is 0 Å². The zero-order valence-electron chi connectivity index (χ0n) is 11.8. The van der Waals surface area contributed by atoms with Crippen LogP contribution in [0.2, 0.25) is 0 Å². The fourth-order valence-corrected chi connectivity index (χ4v) is 5.37. The molecule has 1 aromatic carbocycles. The number of aliphatic hydroxyl groups excluding tert-OH is 1. The van der Waals surface area contributed by atoms with Gasteiger partial charge in [-0.1, -0.05) is 24.6 Å². The van der Waals surface area contributed by atoms with Crippen LogP contribution in [-0.2, 0) is 4.79 Å². The molecular formula is C17H22O2S. The van der Waals surface area contributed by atoms with E-state index in [9.17, 15) is 9.90 Å². The van der Waals surface area contributed by atoms with Crippen LogP contribution in [0.15, 0.2) is 35.2 Å². The van der Waals surface area contributed by atoms with Crippen molar-refractivity contribution in [2.24, 2.45) is 5.41 Å². The Morgan fingerprint density at radius 3 is 2.65 bits per heavy atom. The van der Waals surface area contributed by atoms with Crippen LogP contribution in [-0.4, -0.2) is 22.2 Å². The van der Waals surface area contributed by atoms with Gasteiger partial charge in [0.05, 0.1) is 11.5 Å². The molecule has 0 amide bonds. The van der Waals surface area contributed by atoms with Gasteiger partial charge in [-0.3, -0.25) is 4.79 Å². The molecule has 0 aliphatic heterocycles. The van der Waals surface area contributed by atoms with Crippen molar-refractivity contribution in [2.45, 2.75) is 61.2 Å². The van der Waals surface area contributed by atoms with Gasteiger partial charge >= 0.3 is 0 Å². The molecule has 3 heteroatoms.